The molecule has 0 spiro atoms. The van der Waals surface area contributed by atoms with E-state index in [1.165, 1.54) is 28.8 Å². The maximum atomic E-state index is 14.7. The number of imidazole rings is 1. The van der Waals surface area contributed by atoms with Gasteiger partial charge in [0.1, 0.15) is 11.6 Å². The van der Waals surface area contributed by atoms with Gasteiger partial charge in [-0.15, -0.1) is 0 Å². The van der Waals surface area contributed by atoms with Crippen molar-refractivity contribution in [3.63, 3.8) is 0 Å². The molecule has 1 aliphatic heterocycles. The van der Waals surface area contributed by atoms with Crippen molar-refractivity contribution in [2.75, 3.05) is 6.54 Å². The molecule has 0 aliphatic carbocycles. The maximum absolute atomic E-state index is 14.7. The van der Waals surface area contributed by atoms with E-state index in [1.54, 1.807) is 23.7 Å². The minimum atomic E-state index is -0.469. The molecule has 1 aliphatic rings. The van der Waals surface area contributed by atoms with Gasteiger partial charge in [0.05, 0.1) is 13.1 Å². The lowest BCUT2D eigenvalue weighted by atomic mass is 10.00. The Kier molecular flexibility index (Phi) is 5.42. The third-order valence-electron chi connectivity index (χ3n) is 6.38. The van der Waals surface area contributed by atoms with Crippen molar-refractivity contribution >= 4 is 22.8 Å². The van der Waals surface area contributed by atoms with E-state index in [0.717, 1.165) is 24.1 Å². The average Bonchev–Trinajstić information content (AvgIpc) is 3.16. The Labute approximate surface area is 194 Å². The zero-order valence-corrected chi connectivity index (χ0v) is 19.1. The van der Waals surface area contributed by atoms with Crippen LogP contribution >= 0.6 is 11.6 Å². The molecular weight excluding hydrogens is 445 g/mol. The smallest absolute Gasteiger partial charge is 0.316 e. The summed E-state index contributed by atoms with van der Waals surface area (Å²) in [4.78, 5) is 32.5. The minimum Gasteiger partial charge on any atom is -0.316 e. The Balaban J connectivity index is 1.64. The molecule has 0 unspecified atom stereocenters. The Morgan fingerprint density at radius 3 is 2.52 bits per heavy atom. The number of hydrogen-bond donors (Lipinski definition) is 0. The molecule has 5 rings (SSSR count). The molecular formula is C24H23ClFN5O2. The molecule has 0 saturated carbocycles. The monoisotopic (exact) mass is 467 g/mol. The van der Waals surface area contributed by atoms with Crippen LogP contribution in [0.4, 0.5) is 4.39 Å². The highest BCUT2D eigenvalue weighted by Crippen LogP contribution is 2.25. The van der Waals surface area contributed by atoms with Gasteiger partial charge in [-0.1, -0.05) is 41.9 Å². The molecule has 0 atom stereocenters. The summed E-state index contributed by atoms with van der Waals surface area (Å²) in [5, 5.41) is 0.274. The average molecular weight is 468 g/mol. The highest BCUT2D eigenvalue weighted by Gasteiger charge is 2.24. The van der Waals surface area contributed by atoms with Crippen molar-refractivity contribution in [1.82, 2.24) is 23.6 Å². The van der Waals surface area contributed by atoms with Crippen molar-refractivity contribution in [1.29, 1.82) is 0 Å². The van der Waals surface area contributed by atoms with Crippen LogP contribution in [0.25, 0.3) is 11.2 Å². The number of benzene rings is 2. The van der Waals surface area contributed by atoms with Crippen molar-refractivity contribution in [2.45, 2.75) is 26.1 Å². The van der Waals surface area contributed by atoms with E-state index < -0.39 is 17.1 Å². The minimum absolute atomic E-state index is 0.0369. The summed E-state index contributed by atoms with van der Waals surface area (Å²) in [5.74, 6) is 0.130. The van der Waals surface area contributed by atoms with E-state index in [1.807, 2.05) is 12.1 Å². The van der Waals surface area contributed by atoms with Crippen LogP contribution in [0.3, 0.4) is 0 Å². The third-order valence-corrected chi connectivity index (χ3v) is 6.73. The van der Waals surface area contributed by atoms with Crippen molar-refractivity contribution < 1.29 is 4.39 Å². The van der Waals surface area contributed by atoms with E-state index >= 15 is 0 Å². The number of aryl methyl sites for hydroxylation is 1. The molecule has 3 heterocycles. The van der Waals surface area contributed by atoms with Gasteiger partial charge in [-0.25, -0.2) is 14.2 Å². The van der Waals surface area contributed by atoms with Gasteiger partial charge >= 0.3 is 5.69 Å². The van der Waals surface area contributed by atoms with E-state index in [0.29, 0.717) is 12.4 Å². The second-order valence-corrected chi connectivity index (χ2v) is 8.83. The van der Waals surface area contributed by atoms with Gasteiger partial charge in [0, 0.05) is 37.8 Å². The lowest BCUT2D eigenvalue weighted by Crippen LogP contribution is -2.37. The van der Waals surface area contributed by atoms with Crippen LogP contribution in [0.15, 0.2) is 52.1 Å². The second kappa shape index (κ2) is 8.28. The second-order valence-electron chi connectivity index (χ2n) is 8.42. The third kappa shape index (κ3) is 3.69. The van der Waals surface area contributed by atoms with Crippen LogP contribution < -0.4 is 11.2 Å². The lowest BCUT2D eigenvalue weighted by Gasteiger charge is -2.28. The van der Waals surface area contributed by atoms with Crippen LogP contribution in [-0.2, 0) is 40.2 Å². The topological polar surface area (TPSA) is 65.1 Å². The zero-order chi connectivity index (χ0) is 23.3. The molecule has 0 fully saturated rings. The highest BCUT2D eigenvalue weighted by molar-refractivity contribution is 6.31. The Morgan fingerprint density at radius 1 is 1.00 bits per heavy atom. The number of rotatable bonds is 4. The summed E-state index contributed by atoms with van der Waals surface area (Å²) < 4.78 is 18.7. The Morgan fingerprint density at radius 2 is 1.76 bits per heavy atom. The van der Waals surface area contributed by atoms with Crippen LogP contribution in [0.2, 0.25) is 5.02 Å². The van der Waals surface area contributed by atoms with E-state index in [-0.39, 0.29) is 28.3 Å². The number of aromatic nitrogens is 4. The van der Waals surface area contributed by atoms with Crippen LogP contribution in [-0.4, -0.2) is 30.1 Å². The van der Waals surface area contributed by atoms with Gasteiger partial charge in [0.25, 0.3) is 5.56 Å². The fourth-order valence-electron chi connectivity index (χ4n) is 4.51. The van der Waals surface area contributed by atoms with Gasteiger partial charge in [-0.3, -0.25) is 18.8 Å². The number of hydrogen-bond acceptors (Lipinski definition) is 4. The molecule has 9 heteroatoms. The molecule has 7 nitrogen and oxygen atoms in total. The molecule has 0 N–H and O–H groups in total. The molecule has 0 bridgehead atoms. The maximum Gasteiger partial charge on any atom is 0.332 e. The largest absolute Gasteiger partial charge is 0.332 e. The van der Waals surface area contributed by atoms with Crippen LogP contribution in [0, 0.1) is 5.82 Å². The molecule has 0 amide bonds. The fraction of sp³-hybridized carbons (Fsp3) is 0.292. The lowest BCUT2D eigenvalue weighted by molar-refractivity contribution is 0.237. The number of fused-ring (bicyclic) bond motifs is 2. The normalized spacial score (nSPS) is 14.1. The van der Waals surface area contributed by atoms with Crippen molar-refractivity contribution in [2.24, 2.45) is 14.1 Å². The molecule has 2 aromatic carbocycles. The summed E-state index contributed by atoms with van der Waals surface area (Å²) in [5.41, 5.74) is 2.47. The molecule has 2 aromatic heterocycles. The Bertz CT molecular complexity index is 1480. The van der Waals surface area contributed by atoms with E-state index in [9.17, 15) is 14.0 Å². The fourth-order valence-corrected chi connectivity index (χ4v) is 4.74. The molecule has 170 valence electrons. The summed E-state index contributed by atoms with van der Waals surface area (Å²) in [6.45, 7) is 2.07. The summed E-state index contributed by atoms with van der Waals surface area (Å²) in [6.07, 6.45) is 0.912. The van der Waals surface area contributed by atoms with E-state index in [4.69, 9.17) is 11.6 Å². The number of nitrogens with zero attached hydrogens (tertiary/aromatic N) is 5. The first-order valence-electron chi connectivity index (χ1n) is 10.7. The van der Waals surface area contributed by atoms with Crippen LogP contribution in [0.1, 0.15) is 22.5 Å². The van der Waals surface area contributed by atoms with Crippen molar-refractivity contribution in [3.05, 3.63) is 96.7 Å². The molecule has 4 aromatic rings. The van der Waals surface area contributed by atoms with E-state index in [2.05, 4.69) is 22.0 Å². The summed E-state index contributed by atoms with van der Waals surface area (Å²) in [6, 6.07) is 12.8. The zero-order valence-electron chi connectivity index (χ0n) is 18.4. The molecule has 0 saturated heterocycles. The summed E-state index contributed by atoms with van der Waals surface area (Å²) >= 11 is 6.30. The van der Waals surface area contributed by atoms with Gasteiger partial charge < -0.3 is 4.57 Å². The first kappa shape index (κ1) is 21.6. The SMILES string of the molecule is Cn1c(=O)c2c(nc(CN3CCc4ccccc4C3)n2Cc2c(F)cccc2Cl)n(C)c1=O. The summed E-state index contributed by atoms with van der Waals surface area (Å²) in [7, 11) is 3.01. The predicted octanol–water partition coefficient (Wildman–Crippen LogP) is 2.83. The first-order valence-corrected chi connectivity index (χ1v) is 11.1. The van der Waals surface area contributed by atoms with Gasteiger partial charge in [-0.2, -0.15) is 0 Å². The molecule has 33 heavy (non-hydrogen) atoms. The quantitative estimate of drug-likeness (QED) is 0.463. The number of halogens is 2. The van der Waals surface area contributed by atoms with Crippen molar-refractivity contribution in [3.8, 4) is 0 Å². The molecule has 0 radical (unpaired) electrons. The van der Waals surface area contributed by atoms with Gasteiger partial charge in [-0.05, 0) is 29.7 Å². The van der Waals surface area contributed by atoms with Crippen LogP contribution in [0.5, 0.6) is 0 Å². The highest BCUT2D eigenvalue weighted by atomic mass is 35.5. The predicted molar refractivity (Wildman–Crippen MR) is 125 cm³/mol. The first-order chi connectivity index (χ1) is 15.8. The van der Waals surface area contributed by atoms with Gasteiger partial charge in [0.2, 0.25) is 0 Å². The standard InChI is InChI=1S/C24H23ClFN5O2/c1-28-22-21(23(32)29(2)24(28)33)31(13-17-18(25)8-5-9-19(17)26)20(27-22)14-30-11-10-15-6-3-4-7-16(15)12-30/h3-9H,10-14H2,1-2H3. The Hall–Kier alpha value is -3.23. The van der Waals surface area contributed by atoms with Gasteiger partial charge in [0.15, 0.2) is 11.2 Å².